The van der Waals surface area contributed by atoms with Crippen LogP contribution in [-0.4, -0.2) is 30.6 Å². The van der Waals surface area contributed by atoms with Crippen molar-refractivity contribution in [3.63, 3.8) is 0 Å². The van der Waals surface area contributed by atoms with Gasteiger partial charge in [0.15, 0.2) is 0 Å². The molecule has 1 aliphatic rings. The molecule has 0 spiro atoms. The molecule has 3 N–H and O–H groups in total. The Labute approximate surface area is 103 Å². The minimum atomic E-state index is -0.877. The van der Waals surface area contributed by atoms with Gasteiger partial charge in [-0.1, -0.05) is 19.3 Å². The van der Waals surface area contributed by atoms with Crippen molar-refractivity contribution in [2.75, 3.05) is 7.05 Å². The fourth-order valence-corrected chi connectivity index (χ4v) is 2.02. The summed E-state index contributed by atoms with van der Waals surface area (Å²) in [5.41, 5.74) is -0.877. The maximum absolute atomic E-state index is 12.0. The quantitative estimate of drug-likeness (QED) is 0.693. The molecule has 0 aliphatic heterocycles. The molecule has 0 radical (unpaired) electrons. The highest BCUT2D eigenvalue weighted by Gasteiger charge is 2.30. The smallest absolute Gasteiger partial charge is 0.315 e. The summed E-state index contributed by atoms with van der Waals surface area (Å²) < 4.78 is 0. The summed E-state index contributed by atoms with van der Waals surface area (Å²) in [6.45, 7) is 3.42. The van der Waals surface area contributed by atoms with E-state index in [4.69, 9.17) is 0 Å². The zero-order valence-corrected chi connectivity index (χ0v) is 10.9. The third kappa shape index (κ3) is 4.24. The van der Waals surface area contributed by atoms with E-state index in [1.165, 1.54) is 26.3 Å². The number of rotatable bonds is 3. The van der Waals surface area contributed by atoms with Crippen LogP contribution in [0.4, 0.5) is 4.79 Å². The SMILES string of the molecule is CNC(=O)NC(C)(C)C(=O)NC1CCCCC1. The van der Waals surface area contributed by atoms with E-state index in [9.17, 15) is 9.59 Å². The molecule has 98 valence electrons. The molecule has 0 unspecified atom stereocenters. The van der Waals surface area contributed by atoms with Crippen LogP contribution < -0.4 is 16.0 Å². The lowest BCUT2D eigenvalue weighted by molar-refractivity contribution is -0.127. The molecule has 5 heteroatoms. The minimum absolute atomic E-state index is 0.118. The number of hydrogen-bond donors (Lipinski definition) is 3. The van der Waals surface area contributed by atoms with Gasteiger partial charge in [-0.3, -0.25) is 4.79 Å². The fraction of sp³-hybridized carbons (Fsp3) is 0.833. The maximum atomic E-state index is 12.0. The van der Waals surface area contributed by atoms with Gasteiger partial charge < -0.3 is 16.0 Å². The van der Waals surface area contributed by atoms with Crippen molar-refractivity contribution in [2.24, 2.45) is 0 Å². The molecule has 0 aromatic carbocycles. The molecule has 0 aromatic rings. The van der Waals surface area contributed by atoms with E-state index in [0.29, 0.717) is 0 Å². The molecular weight excluding hydrogens is 218 g/mol. The van der Waals surface area contributed by atoms with Crippen LogP contribution in [0.3, 0.4) is 0 Å². The predicted octanol–water partition coefficient (Wildman–Crippen LogP) is 1.14. The third-order valence-electron chi connectivity index (χ3n) is 3.16. The van der Waals surface area contributed by atoms with Crippen molar-refractivity contribution < 1.29 is 9.59 Å². The van der Waals surface area contributed by atoms with Gasteiger partial charge in [0.1, 0.15) is 5.54 Å². The first kappa shape index (κ1) is 13.8. The Kier molecular flexibility index (Phi) is 4.78. The monoisotopic (exact) mass is 241 g/mol. The Morgan fingerprint density at radius 2 is 1.71 bits per heavy atom. The van der Waals surface area contributed by atoms with Crippen LogP contribution in [0.1, 0.15) is 46.0 Å². The average Bonchev–Trinajstić information content (AvgIpc) is 2.29. The molecule has 1 saturated carbocycles. The largest absolute Gasteiger partial charge is 0.351 e. The Bertz CT molecular complexity index is 283. The zero-order valence-electron chi connectivity index (χ0n) is 10.9. The van der Waals surface area contributed by atoms with Gasteiger partial charge in [0, 0.05) is 13.1 Å². The van der Waals surface area contributed by atoms with Crippen molar-refractivity contribution in [1.29, 1.82) is 0 Å². The highest BCUT2D eigenvalue weighted by Crippen LogP contribution is 2.18. The first-order valence-corrected chi connectivity index (χ1v) is 6.26. The summed E-state index contributed by atoms with van der Waals surface area (Å²) in [4.78, 5) is 23.3. The molecular formula is C12H23N3O2. The van der Waals surface area contributed by atoms with Gasteiger partial charge in [-0.15, -0.1) is 0 Å². The van der Waals surface area contributed by atoms with E-state index in [0.717, 1.165) is 12.8 Å². The summed E-state index contributed by atoms with van der Waals surface area (Å²) in [6.07, 6.45) is 5.69. The second kappa shape index (κ2) is 5.89. The maximum Gasteiger partial charge on any atom is 0.315 e. The summed E-state index contributed by atoms with van der Waals surface area (Å²) in [5.74, 6) is -0.118. The van der Waals surface area contributed by atoms with E-state index < -0.39 is 5.54 Å². The van der Waals surface area contributed by atoms with Crippen LogP contribution in [-0.2, 0) is 4.79 Å². The summed E-state index contributed by atoms with van der Waals surface area (Å²) in [7, 11) is 1.53. The molecule has 5 nitrogen and oxygen atoms in total. The number of hydrogen-bond acceptors (Lipinski definition) is 2. The molecule has 0 saturated heterocycles. The van der Waals surface area contributed by atoms with Crippen molar-refractivity contribution in [3.8, 4) is 0 Å². The topological polar surface area (TPSA) is 70.2 Å². The fourth-order valence-electron chi connectivity index (χ4n) is 2.02. The van der Waals surface area contributed by atoms with Crippen molar-refractivity contribution in [1.82, 2.24) is 16.0 Å². The number of carbonyl (C=O) groups is 2. The molecule has 0 aromatic heterocycles. The van der Waals surface area contributed by atoms with Gasteiger partial charge in [-0.2, -0.15) is 0 Å². The number of urea groups is 1. The van der Waals surface area contributed by atoms with Crippen molar-refractivity contribution >= 4 is 11.9 Å². The van der Waals surface area contributed by atoms with Crippen LogP contribution in [0.15, 0.2) is 0 Å². The minimum Gasteiger partial charge on any atom is -0.351 e. The van der Waals surface area contributed by atoms with Crippen LogP contribution in [0.25, 0.3) is 0 Å². The predicted molar refractivity (Wildman–Crippen MR) is 66.7 cm³/mol. The summed E-state index contributed by atoms with van der Waals surface area (Å²) in [5, 5.41) is 8.09. The third-order valence-corrected chi connectivity index (χ3v) is 3.16. The van der Waals surface area contributed by atoms with Gasteiger partial charge in [0.2, 0.25) is 5.91 Å². The first-order valence-electron chi connectivity index (χ1n) is 6.26. The van der Waals surface area contributed by atoms with Gasteiger partial charge in [-0.25, -0.2) is 4.79 Å². The molecule has 3 amide bonds. The lowest BCUT2D eigenvalue weighted by atomic mass is 9.94. The van der Waals surface area contributed by atoms with Crippen LogP contribution in [0, 0.1) is 0 Å². The molecule has 1 rings (SSSR count). The standard InChI is InChI=1S/C12H23N3O2/c1-12(2,15-11(17)13-3)10(16)14-9-7-5-4-6-8-9/h9H,4-8H2,1-3H3,(H,14,16)(H2,13,15,17). The van der Waals surface area contributed by atoms with Crippen molar-refractivity contribution in [3.05, 3.63) is 0 Å². The molecule has 17 heavy (non-hydrogen) atoms. The molecule has 0 atom stereocenters. The number of carbonyl (C=O) groups excluding carboxylic acids is 2. The molecule has 1 fully saturated rings. The Morgan fingerprint density at radius 1 is 1.12 bits per heavy atom. The van der Waals surface area contributed by atoms with E-state index in [-0.39, 0.29) is 18.0 Å². The highest BCUT2D eigenvalue weighted by atomic mass is 16.2. The van der Waals surface area contributed by atoms with Crippen LogP contribution >= 0.6 is 0 Å². The lowest BCUT2D eigenvalue weighted by Gasteiger charge is -2.29. The second-order valence-corrected chi connectivity index (χ2v) is 5.14. The van der Waals surface area contributed by atoms with E-state index in [1.54, 1.807) is 13.8 Å². The second-order valence-electron chi connectivity index (χ2n) is 5.14. The molecule has 0 bridgehead atoms. The van der Waals surface area contributed by atoms with E-state index in [1.807, 2.05) is 0 Å². The summed E-state index contributed by atoms with van der Waals surface area (Å²) >= 11 is 0. The van der Waals surface area contributed by atoms with E-state index in [2.05, 4.69) is 16.0 Å². The number of amides is 3. The van der Waals surface area contributed by atoms with Gasteiger partial charge >= 0.3 is 6.03 Å². The Balaban J connectivity index is 2.46. The van der Waals surface area contributed by atoms with Gasteiger partial charge in [-0.05, 0) is 26.7 Å². The zero-order chi connectivity index (χ0) is 12.9. The molecule has 0 heterocycles. The van der Waals surface area contributed by atoms with Crippen LogP contribution in [0.5, 0.6) is 0 Å². The highest BCUT2D eigenvalue weighted by molar-refractivity contribution is 5.90. The Hall–Kier alpha value is -1.26. The molecule has 1 aliphatic carbocycles. The normalized spacial score (nSPS) is 17.4. The Morgan fingerprint density at radius 3 is 2.24 bits per heavy atom. The van der Waals surface area contributed by atoms with E-state index >= 15 is 0 Å². The van der Waals surface area contributed by atoms with Gasteiger partial charge in [0.05, 0.1) is 0 Å². The summed E-state index contributed by atoms with van der Waals surface area (Å²) in [6, 6.07) is -0.0733. The lowest BCUT2D eigenvalue weighted by Crippen LogP contribution is -2.58. The van der Waals surface area contributed by atoms with Gasteiger partial charge in [0.25, 0.3) is 0 Å². The van der Waals surface area contributed by atoms with Crippen molar-refractivity contribution in [2.45, 2.75) is 57.5 Å². The van der Waals surface area contributed by atoms with Crippen LogP contribution in [0.2, 0.25) is 0 Å². The first-order chi connectivity index (χ1) is 7.95. The average molecular weight is 241 g/mol. The number of nitrogens with one attached hydrogen (secondary N) is 3.